The number of fused-ring (bicyclic) bond motifs is 1. The predicted molar refractivity (Wildman–Crippen MR) is 88.7 cm³/mol. The lowest BCUT2D eigenvalue weighted by molar-refractivity contribution is 0.0902. The first-order valence-electron chi connectivity index (χ1n) is 6.92. The second kappa shape index (κ2) is 6.58. The monoisotopic (exact) mass is 375 g/mol. The third-order valence-electron chi connectivity index (χ3n) is 3.35. The van der Waals surface area contributed by atoms with E-state index in [0.29, 0.717) is 23.2 Å². The topological polar surface area (TPSA) is 14.2 Å². The lowest BCUT2D eigenvalue weighted by Gasteiger charge is -2.16. The van der Waals surface area contributed by atoms with Gasteiger partial charge in [-0.05, 0) is 24.2 Å². The SMILES string of the molecule is C[Si](C)(C)CCOCn1ccc2c(C(F)F)cc(Br)cc21. The summed E-state index contributed by atoms with van der Waals surface area (Å²) >= 11 is 3.30. The van der Waals surface area contributed by atoms with Crippen molar-refractivity contribution >= 4 is 34.9 Å². The molecule has 0 aliphatic rings. The van der Waals surface area contributed by atoms with E-state index in [1.165, 1.54) is 6.07 Å². The van der Waals surface area contributed by atoms with Crippen LogP contribution in [0.4, 0.5) is 8.78 Å². The van der Waals surface area contributed by atoms with Crippen LogP contribution in [0.5, 0.6) is 0 Å². The van der Waals surface area contributed by atoms with E-state index in [2.05, 4.69) is 35.6 Å². The van der Waals surface area contributed by atoms with Gasteiger partial charge in [0.2, 0.25) is 0 Å². The fourth-order valence-corrected chi connectivity index (χ4v) is 3.34. The molecule has 2 nitrogen and oxygen atoms in total. The van der Waals surface area contributed by atoms with Crippen molar-refractivity contribution in [1.82, 2.24) is 4.57 Å². The van der Waals surface area contributed by atoms with Gasteiger partial charge in [0.15, 0.2) is 0 Å². The normalized spacial score (nSPS) is 12.5. The minimum atomic E-state index is -2.48. The molecule has 0 saturated heterocycles. The van der Waals surface area contributed by atoms with Crippen LogP contribution in [0, 0.1) is 0 Å². The lowest BCUT2D eigenvalue weighted by Crippen LogP contribution is -2.21. The predicted octanol–water partition coefficient (Wildman–Crippen LogP) is 5.65. The zero-order valence-corrected chi connectivity index (χ0v) is 15.1. The van der Waals surface area contributed by atoms with Gasteiger partial charge in [-0.15, -0.1) is 0 Å². The van der Waals surface area contributed by atoms with Crippen LogP contribution < -0.4 is 0 Å². The summed E-state index contributed by atoms with van der Waals surface area (Å²) in [4.78, 5) is 0. The van der Waals surface area contributed by atoms with Gasteiger partial charge in [0.1, 0.15) is 6.73 Å². The van der Waals surface area contributed by atoms with Crippen LogP contribution in [0.15, 0.2) is 28.9 Å². The number of alkyl halides is 2. The molecule has 0 bridgehead atoms. The first-order valence-corrected chi connectivity index (χ1v) is 11.4. The maximum atomic E-state index is 13.1. The fourth-order valence-electron chi connectivity index (χ4n) is 2.12. The second-order valence-corrected chi connectivity index (χ2v) is 12.9. The van der Waals surface area contributed by atoms with Gasteiger partial charge in [0.25, 0.3) is 6.43 Å². The highest BCUT2D eigenvalue weighted by atomic mass is 79.9. The summed E-state index contributed by atoms with van der Waals surface area (Å²) in [6, 6.07) is 6.15. The number of halogens is 3. The number of ether oxygens (including phenoxy) is 1. The minimum Gasteiger partial charge on any atom is -0.361 e. The molecule has 21 heavy (non-hydrogen) atoms. The largest absolute Gasteiger partial charge is 0.361 e. The van der Waals surface area contributed by atoms with Gasteiger partial charge in [-0.1, -0.05) is 35.6 Å². The average molecular weight is 376 g/mol. The van der Waals surface area contributed by atoms with Crippen LogP contribution >= 0.6 is 15.9 Å². The Balaban J connectivity index is 2.15. The van der Waals surface area contributed by atoms with Gasteiger partial charge in [-0.2, -0.15) is 0 Å². The van der Waals surface area contributed by atoms with E-state index in [1.54, 1.807) is 12.3 Å². The molecular formula is C15H20BrF2NOSi. The third-order valence-corrected chi connectivity index (χ3v) is 5.51. The molecule has 2 aromatic rings. The maximum absolute atomic E-state index is 13.1. The molecule has 2 rings (SSSR count). The summed E-state index contributed by atoms with van der Waals surface area (Å²) in [5, 5.41) is 0.585. The first kappa shape index (κ1) is 16.6. The zero-order chi connectivity index (χ0) is 15.6. The standard InChI is InChI=1S/C15H20BrF2NOSi/c1-21(2,3)7-6-20-10-19-5-4-12-13(15(17)18)8-11(16)9-14(12)19/h4-5,8-9,15H,6-7,10H2,1-3H3. The molecule has 0 aliphatic heterocycles. The molecule has 0 radical (unpaired) electrons. The summed E-state index contributed by atoms with van der Waals surface area (Å²) in [5.41, 5.74) is 0.827. The Labute approximate surface area is 133 Å². The summed E-state index contributed by atoms with van der Waals surface area (Å²) in [7, 11) is -1.11. The summed E-state index contributed by atoms with van der Waals surface area (Å²) in [5.74, 6) is 0. The van der Waals surface area contributed by atoms with E-state index in [0.717, 1.165) is 11.6 Å². The molecule has 0 unspecified atom stereocenters. The van der Waals surface area contributed by atoms with Crippen molar-refractivity contribution in [1.29, 1.82) is 0 Å². The van der Waals surface area contributed by atoms with Crippen molar-refractivity contribution in [2.24, 2.45) is 0 Å². The van der Waals surface area contributed by atoms with E-state index in [-0.39, 0.29) is 5.56 Å². The van der Waals surface area contributed by atoms with Crippen molar-refractivity contribution < 1.29 is 13.5 Å². The molecule has 0 N–H and O–H groups in total. The fraction of sp³-hybridized carbons (Fsp3) is 0.467. The molecule has 1 aromatic carbocycles. The number of benzene rings is 1. The van der Waals surface area contributed by atoms with Crippen LogP contribution in [-0.4, -0.2) is 19.2 Å². The first-order chi connectivity index (χ1) is 9.78. The van der Waals surface area contributed by atoms with Crippen molar-refractivity contribution in [2.45, 2.75) is 38.8 Å². The Bertz CT molecular complexity index is 622. The molecule has 0 fully saturated rings. The van der Waals surface area contributed by atoms with Crippen LogP contribution in [0.2, 0.25) is 25.7 Å². The average Bonchev–Trinajstić information content (AvgIpc) is 2.75. The molecule has 0 amide bonds. The Hall–Kier alpha value is -0.723. The summed E-state index contributed by atoms with van der Waals surface area (Å²) in [6.45, 7) is 8.01. The number of nitrogens with zero attached hydrogens (tertiary/aromatic N) is 1. The van der Waals surface area contributed by atoms with Gasteiger partial charge in [0.05, 0.1) is 5.52 Å². The Kier molecular flexibility index (Phi) is 5.22. The van der Waals surface area contributed by atoms with Gasteiger partial charge in [-0.25, -0.2) is 8.78 Å². The van der Waals surface area contributed by atoms with Gasteiger partial charge >= 0.3 is 0 Å². The molecule has 1 heterocycles. The van der Waals surface area contributed by atoms with Crippen LogP contribution in [-0.2, 0) is 11.5 Å². The summed E-state index contributed by atoms with van der Waals surface area (Å²) < 4.78 is 34.4. The van der Waals surface area contributed by atoms with Crippen molar-refractivity contribution in [3.8, 4) is 0 Å². The van der Waals surface area contributed by atoms with Crippen molar-refractivity contribution in [3.05, 3.63) is 34.4 Å². The molecule has 0 atom stereocenters. The quantitative estimate of drug-likeness (QED) is 0.469. The smallest absolute Gasteiger partial charge is 0.264 e. The number of rotatable bonds is 6. The third kappa shape index (κ3) is 4.37. The zero-order valence-electron chi connectivity index (χ0n) is 12.5. The molecule has 116 valence electrons. The molecule has 0 aliphatic carbocycles. The Morgan fingerprint density at radius 2 is 2.00 bits per heavy atom. The van der Waals surface area contributed by atoms with Crippen LogP contribution in [0.1, 0.15) is 12.0 Å². The van der Waals surface area contributed by atoms with E-state index in [9.17, 15) is 8.78 Å². The number of aromatic nitrogens is 1. The van der Waals surface area contributed by atoms with E-state index >= 15 is 0 Å². The molecule has 6 heteroatoms. The number of hydrogen-bond donors (Lipinski definition) is 0. The highest BCUT2D eigenvalue weighted by Gasteiger charge is 2.15. The second-order valence-electron chi connectivity index (χ2n) is 6.36. The highest BCUT2D eigenvalue weighted by molar-refractivity contribution is 9.10. The molecular weight excluding hydrogens is 356 g/mol. The Morgan fingerprint density at radius 3 is 2.62 bits per heavy atom. The van der Waals surface area contributed by atoms with Crippen LogP contribution in [0.3, 0.4) is 0 Å². The maximum Gasteiger partial charge on any atom is 0.264 e. The molecule has 0 spiro atoms. The number of hydrogen-bond acceptors (Lipinski definition) is 1. The van der Waals surface area contributed by atoms with E-state index < -0.39 is 14.5 Å². The minimum absolute atomic E-state index is 0.0558. The Morgan fingerprint density at radius 1 is 1.29 bits per heavy atom. The molecule has 0 saturated carbocycles. The van der Waals surface area contributed by atoms with Gasteiger partial charge in [0, 0.05) is 36.3 Å². The lowest BCUT2D eigenvalue weighted by atomic mass is 10.1. The van der Waals surface area contributed by atoms with Crippen molar-refractivity contribution in [3.63, 3.8) is 0 Å². The van der Waals surface area contributed by atoms with Crippen LogP contribution in [0.25, 0.3) is 10.9 Å². The van der Waals surface area contributed by atoms with E-state index in [1.807, 2.05) is 10.6 Å². The van der Waals surface area contributed by atoms with Gasteiger partial charge in [-0.3, -0.25) is 0 Å². The van der Waals surface area contributed by atoms with E-state index in [4.69, 9.17) is 4.74 Å². The highest BCUT2D eigenvalue weighted by Crippen LogP contribution is 2.32. The van der Waals surface area contributed by atoms with Crippen molar-refractivity contribution in [2.75, 3.05) is 6.61 Å². The summed E-state index contributed by atoms with van der Waals surface area (Å²) in [6.07, 6.45) is -0.675. The van der Waals surface area contributed by atoms with Gasteiger partial charge < -0.3 is 9.30 Å². The molecule has 1 aromatic heterocycles.